The van der Waals surface area contributed by atoms with Crippen LogP contribution in [0, 0.1) is 0 Å². The summed E-state index contributed by atoms with van der Waals surface area (Å²) in [6.07, 6.45) is 3.59. The van der Waals surface area contributed by atoms with E-state index in [-0.39, 0.29) is 10.8 Å². The van der Waals surface area contributed by atoms with Crippen LogP contribution in [0.4, 0.5) is 5.69 Å². The van der Waals surface area contributed by atoms with E-state index in [0.717, 1.165) is 16.9 Å². The average molecular weight is 384 g/mol. The molecule has 1 aromatic heterocycles. The molecule has 0 saturated heterocycles. The highest BCUT2D eigenvalue weighted by Gasteiger charge is 2.22. The lowest BCUT2D eigenvalue weighted by molar-refractivity contribution is 0.102. The zero-order valence-corrected chi connectivity index (χ0v) is 15.6. The van der Waals surface area contributed by atoms with Gasteiger partial charge in [0.1, 0.15) is 5.82 Å². The second-order valence-corrected chi connectivity index (χ2v) is 8.55. The van der Waals surface area contributed by atoms with E-state index in [2.05, 4.69) is 20.0 Å². The van der Waals surface area contributed by atoms with Gasteiger partial charge >= 0.3 is 0 Å². The summed E-state index contributed by atoms with van der Waals surface area (Å²) in [4.78, 5) is 20.5. The van der Waals surface area contributed by atoms with Crippen LogP contribution in [0.1, 0.15) is 41.4 Å². The summed E-state index contributed by atoms with van der Waals surface area (Å²) in [6.45, 7) is 0. The Hall–Kier alpha value is -2.71. The molecule has 140 valence electrons. The lowest BCUT2D eigenvalue weighted by atomic mass is 9.85. The molecule has 0 unspecified atom stereocenters. The number of nitrogens with one attached hydrogen (secondary N) is 3. The standard InChI is InChI=1S/C19H20N4O3S/c1-20-27(25,26)15-8-5-13(6-9-15)19(24)21-14-7-10-16-17(11-14)23-18(22-16)12-3-2-4-12/h5-12,20H,2-4H2,1H3,(H,21,24)(H,22,23). The number of aromatic amines is 1. The minimum atomic E-state index is -3.52. The van der Waals surface area contributed by atoms with Crippen molar-refractivity contribution in [3.8, 4) is 0 Å². The van der Waals surface area contributed by atoms with Gasteiger partial charge in [0.15, 0.2) is 0 Å². The number of sulfonamides is 1. The molecule has 3 N–H and O–H groups in total. The van der Waals surface area contributed by atoms with Crippen LogP contribution in [0.25, 0.3) is 11.0 Å². The van der Waals surface area contributed by atoms with Crippen molar-refractivity contribution in [3.63, 3.8) is 0 Å². The van der Waals surface area contributed by atoms with E-state index in [1.54, 1.807) is 0 Å². The number of carbonyl (C=O) groups excluding carboxylic acids is 1. The number of hydrogen-bond donors (Lipinski definition) is 3. The number of carbonyl (C=O) groups is 1. The minimum Gasteiger partial charge on any atom is -0.342 e. The second kappa shape index (κ2) is 6.79. The molecule has 0 aliphatic heterocycles. The molecule has 2 aromatic carbocycles. The summed E-state index contributed by atoms with van der Waals surface area (Å²) in [7, 11) is -2.17. The molecule has 1 aliphatic carbocycles. The molecular weight excluding hydrogens is 364 g/mol. The number of hydrogen-bond acceptors (Lipinski definition) is 4. The second-order valence-electron chi connectivity index (χ2n) is 6.67. The molecule has 1 amide bonds. The van der Waals surface area contributed by atoms with Crippen LogP contribution in [-0.4, -0.2) is 31.3 Å². The Morgan fingerprint density at radius 1 is 1.15 bits per heavy atom. The summed E-state index contributed by atoms with van der Waals surface area (Å²) in [5.41, 5.74) is 2.81. The van der Waals surface area contributed by atoms with E-state index in [4.69, 9.17) is 0 Å². The topological polar surface area (TPSA) is 104 Å². The number of fused-ring (bicyclic) bond motifs is 1. The van der Waals surface area contributed by atoms with Crippen LogP contribution in [0.5, 0.6) is 0 Å². The monoisotopic (exact) mass is 384 g/mol. The van der Waals surface area contributed by atoms with Crippen LogP contribution in [0.2, 0.25) is 0 Å². The normalized spacial score (nSPS) is 14.9. The molecule has 3 aromatic rings. The number of nitrogens with zero attached hydrogens (tertiary/aromatic N) is 1. The maximum Gasteiger partial charge on any atom is 0.255 e. The van der Waals surface area contributed by atoms with Gasteiger partial charge in [0.05, 0.1) is 15.9 Å². The molecular formula is C19H20N4O3S. The number of aromatic nitrogens is 2. The first-order valence-electron chi connectivity index (χ1n) is 8.81. The predicted octanol–water partition coefficient (Wildman–Crippen LogP) is 2.99. The molecule has 0 radical (unpaired) electrons. The van der Waals surface area contributed by atoms with Crippen LogP contribution in [0.15, 0.2) is 47.4 Å². The van der Waals surface area contributed by atoms with Gasteiger partial charge in [-0.2, -0.15) is 0 Å². The number of benzene rings is 2. The van der Waals surface area contributed by atoms with E-state index in [0.29, 0.717) is 17.2 Å². The van der Waals surface area contributed by atoms with Crippen LogP contribution < -0.4 is 10.0 Å². The van der Waals surface area contributed by atoms with Gasteiger partial charge in [-0.1, -0.05) is 6.42 Å². The summed E-state index contributed by atoms with van der Waals surface area (Å²) >= 11 is 0. The molecule has 1 aliphatic rings. The van der Waals surface area contributed by atoms with Crippen molar-refractivity contribution in [2.75, 3.05) is 12.4 Å². The lowest BCUT2D eigenvalue weighted by Crippen LogP contribution is -2.19. The van der Waals surface area contributed by atoms with E-state index in [1.165, 1.54) is 50.6 Å². The van der Waals surface area contributed by atoms with Gasteiger partial charge in [-0.15, -0.1) is 0 Å². The summed E-state index contributed by atoms with van der Waals surface area (Å²) in [5.74, 6) is 1.23. The van der Waals surface area contributed by atoms with Gasteiger partial charge in [0.25, 0.3) is 5.91 Å². The van der Waals surface area contributed by atoms with Crippen LogP contribution in [-0.2, 0) is 10.0 Å². The number of rotatable bonds is 5. The lowest BCUT2D eigenvalue weighted by Gasteiger charge is -2.22. The SMILES string of the molecule is CNS(=O)(=O)c1ccc(C(=O)Nc2ccc3nc(C4CCC4)[nH]c3c2)cc1. The number of imidazole rings is 1. The first-order valence-corrected chi connectivity index (χ1v) is 10.3. The molecule has 7 nitrogen and oxygen atoms in total. The first-order chi connectivity index (χ1) is 13.0. The average Bonchev–Trinajstić information content (AvgIpc) is 3.02. The van der Waals surface area contributed by atoms with Gasteiger partial charge < -0.3 is 10.3 Å². The Kier molecular flexibility index (Phi) is 4.45. The van der Waals surface area contributed by atoms with Crippen molar-refractivity contribution >= 4 is 32.7 Å². The largest absolute Gasteiger partial charge is 0.342 e. The molecule has 8 heteroatoms. The highest BCUT2D eigenvalue weighted by Crippen LogP contribution is 2.35. The highest BCUT2D eigenvalue weighted by atomic mass is 32.2. The fourth-order valence-electron chi connectivity index (χ4n) is 3.09. The van der Waals surface area contributed by atoms with Gasteiger partial charge in [-0.05, 0) is 62.4 Å². The maximum atomic E-state index is 12.4. The number of anilines is 1. The minimum absolute atomic E-state index is 0.115. The Balaban J connectivity index is 1.52. The highest BCUT2D eigenvalue weighted by molar-refractivity contribution is 7.89. The Morgan fingerprint density at radius 2 is 1.89 bits per heavy atom. The molecule has 0 atom stereocenters. The van der Waals surface area contributed by atoms with E-state index >= 15 is 0 Å². The predicted molar refractivity (Wildman–Crippen MR) is 103 cm³/mol. The molecule has 1 fully saturated rings. The van der Waals surface area contributed by atoms with Crippen molar-refractivity contribution in [2.45, 2.75) is 30.1 Å². The van der Waals surface area contributed by atoms with Crippen molar-refractivity contribution in [2.24, 2.45) is 0 Å². The third-order valence-corrected chi connectivity index (χ3v) is 6.38. The zero-order valence-electron chi connectivity index (χ0n) is 14.8. The zero-order chi connectivity index (χ0) is 19.0. The van der Waals surface area contributed by atoms with Gasteiger partial charge in [0, 0.05) is 17.2 Å². The Morgan fingerprint density at radius 3 is 2.52 bits per heavy atom. The summed E-state index contributed by atoms with van der Waals surface area (Å²) in [5, 5.41) is 2.84. The third-order valence-electron chi connectivity index (χ3n) is 4.95. The molecule has 4 rings (SSSR count). The van der Waals surface area contributed by atoms with Crippen molar-refractivity contribution < 1.29 is 13.2 Å². The molecule has 1 saturated carbocycles. The van der Waals surface area contributed by atoms with Gasteiger partial charge in [-0.25, -0.2) is 18.1 Å². The van der Waals surface area contributed by atoms with Crippen LogP contribution in [0.3, 0.4) is 0 Å². The quantitative estimate of drug-likeness (QED) is 0.629. The van der Waals surface area contributed by atoms with Crippen molar-refractivity contribution in [3.05, 3.63) is 53.9 Å². The fourth-order valence-corrected chi connectivity index (χ4v) is 3.82. The van der Waals surface area contributed by atoms with Crippen molar-refractivity contribution in [1.82, 2.24) is 14.7 Å². The molecule has 0 spiro atoms. The molecule has 0 bridgehead atoms. The first kappa shape index (κ1) is 17.7. The smallest absolute Gasteiger partial charge is 0.255 e. The Bertz CT molecular complexity index is 1100. The van der Waals surface area contributed by atoms with E-state index in [1.807, 2.05) is 18.2 Å². The van der Waals surface area contributed by atoms with Crippen molar-refractivity contribution in [1.29, 1.82) is 0 Å². The maximum absolute atomic E-state index is 12.4. The van der Waals surface area contributed by atoms with Gasteiger partial charge in [-0.3, -0.25) is 4.79 Å². The summed E-state index contributed by atoms with van der Waals surface area (Å²) < 4.78 is 25.7. The fraction of sp³-hybridized carbons (Fsp3) is 0.263. The van der Waals surface area contributed by atoms with Crippen LogP contribution >= 0.6 is 0 Å². The molecule has 1 heterocycles. The van der Waals surface area contributed by atoms with E-state index < -0.39 is 10.0 Å². The number of H-pyrrole nitrogens is 1. The van der Waals surface area contributed by atoms with E-state index in [9.17, 15) is 13.2 Å². The summed E-state index contributed by atoms with van der Waals surface area (Å²) in [6, 6.07) is 11.3. The van der Waals surface area contributed by atoms with Gasteiger partial charge in [0.2, 0.25) is 10.0 Å². The third kappa shape index (κ3) is 3.45. The number of amides is 1. The molecule has 27 heavy (non-hydrogen) atoms. The Labute approximate surface area is 157 Å².